The number of para-hydroxylation sites is 1. The van der Waals surface area contributed by atoms with E-state index < -0.39 is 5.92 Å². The number of carbonyl (C=O) groups excluding carboxylic acids is 2. The van der Waals surface area contributed by atoms with Gasteiger partial charge in [-0.3, -0.25) is 14.5 Å². The normalized spacial score (nSPS) is 17.3. The number of hydrogen-bond donors (Lipinski definition) is 1. The van der Waals surface area contributed by atoms with Crippen LogP contribution >= 0.6 is 23.2 Å². The molecule has 1 aliphatic heterocycles. The molecule has 3 aromatic rings. The molecule has 0 aliphatic carbocycles. The lowest BCUT2D eigenvalue weighted by Gasteiger charge is -2.37. The van der Waals surface area contributed by atoms with Crippen molar-refractivity contribution in [3.63, 3.8) is 0 Å². The zero-order chi connectivity index (χ0) is 27.6. The second-order valence-corrected chi connectivity index (χ2v) is 10.0. The Bertz CT molecular complexity index is 1220. The van der Waals surface area contributed by atoms with Crippen LogP contribution < -0.4 is 14.8 Å². The molecule has 4 rings (SSSR count). The van der Waals surface area contributed by atoms with Crippen molar-refractivity contribution >= 4 is 35.1 Å². The van der Waals surface area contributed by atoms with Crippen LogP contribution in [0.15, 0.2) is 72.8 Å². The van der Waals surface area contributed by atoms with E-state index in [0.717, 1.165) is 13.1 Å². The predicted octanol–water partition coefficient (Wildman–Crippen LogP) is 5.63. The average molecular weight is 572 g/mol. The number of benzene rings is 3. The summed E-state index contributed by atoms with van der Waals surface area (Å²) in [6, 6.07) is 21.8. The highest BCUT2D eigenvalue weighted by Crippen LogP contribution is 2.32. The van der Waals surface area contributed by atoms with Crippen LogP contribution in [0.4, 0.5) is 0 Å². The molecule has 0 aromatic heterocycles. The molecule has 2 unspecified atom stereocenters. The average Bonchev–Trinajstić information content (AvgIpc) is 2.94. The molecule has 0 spiro atoms. The van der Waals surface area contributed by atoms with Crippen molar-refractivity contribution in [2.24, 2.45) is 5.92 Å². The Morgan fingerprint density at radius 3 is 2.31 bits per heavy atom. The molecule has 206 valence electrons. The maximum Gasteiger partial charge on any atom is 0.312 e. The van der Waals surface area contributed by atoms with Gasteiger partial charge in [0.2, 0.25) is 0 Å². The molecule has 7 nitrogen and oxygen atoms in total. The summed E-state index contributed by atoms with van der Waals surface area (Å²) in [4.78, 5) is 28.1. The highest BCUT2D eigenvalue weighted by molar-refractivity contribution is 6.37. The third-order valence-corrected chi connectivity index (χ3v) is 7.08. The Morgan fingerprint density at radius 1 is 0.923 bits per heavy atom. The fourth-order valence-electron chi connectivity index (χ4n) is 4.54. The van der Waals surface area contributed by atoms with Gasteiger partial charge in [-0.05, 0) is 55.3 Å². The molecule has 3 aromatic carbocycles. The van der Waals surface area contributed by atoms with Gasteiger partial charge in [0.15, 0.2) is 5.75 Å². The molecule has 2 atom stereocenters. The molecule has 1 aliphatic rings. The first-order valence-corrected chi connectivity index (χ1v) is 13.7. The number of amides is 1. The number of nitrogens with one attached hydrogen (secondary N) is 1. The Hall–Kier alpha value is -3.26. The van der Waals surface area contributed by atoms with Gasteiger partial charge in [0.05, 0.1) is 22.6 Å². The van der Waals surface area contributed by atoms with Crippen molar-refractivity contribution in [3.8, 4) is 11.5 Å². The Morgan fingerprint density at radius 2 is 1.62 bits per heavy atom. The van der Waals surface area contributed by atoms with E-state index in [-0.39, 0.29) is 31.1 Å². The first kappa shape index (κ1) is 28.7. The Labute approximate surface area is 238 Å². The van der Waals surface area contributed by atoms with Crippen LogP contribution in [0, 0.1) is 5.92 Å². The first-order chi connectivity index (χ1) is 18.9. The maximum absolute atomic E-state index is 13.0. The van der Waals surface area contributed by atoms with E-state index in [9.17, 15) is 9.59 Å². The van der Waals surface area contributed by atoms with Gasteiger partial charge in [-0.2, -0.15) is 0 Å². The fraction of sp³-hybridized carbons (Fsp3) is 0.333. The minimum Gasteiger partial charge on any atom is -0.490 e. The first-order valence-electron chi connectivity index (χ1n) is 13.0. The summed E-state index contributed by atoms with van der Waals surface area (Å²) in [6.07, 6.45) is 0.651. The number of esters is 1. The van der Waals surface area contributed by atoms with Crippen molar-refractivity contribution in [2.45, 2.75) is 25.9 Å². The summed E-state index contributed by atoms with van der Waals surface area (Å²) >= 11 is 12.2. The van der Waals surface area contributed by atoms with E-state index in [4.69, 9.17) is 37.4 Å². The number of halogens is 2. The lowest BCUT2D eigenvalue weighted by molar-refractivity contribution is -0.151. The van der Waals surface area contributed by atoms with E-state index in [1.54, 1.807) is 49.4 Å². The SMILES string of the molecule is CCOC(=O)C1CN(Cc2ccccc2)CCC1NC(=O)c1ccc(OCCOc2c(Cl)cccc2Cl)cc1. The van der Waals surface area contributed by atoms with Crippen molar-refractivity contribution in [1.82, 2.24) is 10.2 Å². The monoisotopic (exact) mass is 570 g/mol. The molecule has 39 heavy (non-hydrogen) atoms. The quantitative estimate of drug-likeness (QED) is 0.237. The topological polar surface area (TPSA) is 77.1 Å². The molecule has 1 N–H and O–H groups in total. The summed E-state index contributed by atoms with van der Waals surface area (Å²) in [7, 11) is 0. The molecule has 9 heteroatoms. The second-order valence-electron chi connectivity index (χ2n) is 9.22. The number of likely N-dealkylation sites (tertiary alicyclic amines) is 1. The summed E-state index contributed by atoms with van der Waals surface area (Å²) in [6.45, 7) is 4.65. The third kappa shape index (κ3) is 8.12. The van der Waals surface area contributed by atoms with Crippen LogP contribution in [0.3, 0.4) is 0 Å². The van der Waals surface area contributed by atoms with Gasteiger partial charge in [0.1, 0.15) is 19.0 Å². The lowest BCUT2D eigenvalue weighted by Crippen LogP contribution is -2.53. The third-order valence-electron chi connectivity index (χ3n) is 6.49. The van der Waals surface area contributed by atoms with Crippen LogP contribution in [0.1, 0.15) is 29.3 Å². The summed E-state index contributed by atoms with van der Waals surface area (Å²) in [5.74, 6) is 0.0433. The van der Waals surface area contributed by atoms with Gasteiger partial charge >= 0.3 is 5.97 Å². The number of piperidine rings is 1. The van der Waals surface area contributed by atoms with Crippen LogP contribution in [0.2, 0.25) is 10.0 Å². The molecule has 1 saturated heterocycles. The minimum atomic E-state index is -0.444. The van der Waals surface area contributed by atoms with Gasteiger partial charge in [0, 0.05) is 31.2 Å². The van der Waals surface area contributed by atoms with Crippen molar-refractivity contribution < 1.29 is 23.8 Å². The van der Waals surface area contributed by atoms with Gasteiger partial charge in [-0.1, -0.05) is 59.6 Å². The number of ether oxygens (including phenoxy) is 3. The number of nitrogens with zero attached hydrogens (tertiary/aromatic N) is 1. The second kappa shape index (κ2) is 14.2. The van der Waals surface area contributed by atoms with Gasteiger partial charge in [-0.25, -0.2) is 0 Å². The van der Waals surface area contributed by atoms with Crippen LogP contribution in [0.5, 0.6) is 11.5 Å². The fourth-order valence-corrected chi connectivity index (χ4v) is 5.05. The van der Waals surface area contributed by atoms with Crippen LogP contribution in [-0.4, -0.2) is 55.7 Å². The zero-order valence-electron chi connectivity index (χ0n) is 21.8. The molecule has 0 bridgehead atoms. The van der Waals surface area contributed by atoms with Crippen molar-refractivity contribution in [3.05, 3.63) is 94.0 Å². The van der Waals surface area contributed by atoms with E-state index in [1.165, 1.54) is 5.56 Å². The molecule has 1 amide bonds. The smallest absolute Gasteiger partial charge is 0.312 e. The van der Waals surface area contributed by atoms with E-state index in [0.29, 0.717) is 46.7 Å². The Balaban J connectivity index is 1.29. The predicted molar refractivity (Wildman–Crippen MR) is 152 cm³/mol. The molecule has 1 fully saturated rings. The Kier molecular flexibility index (Phi) is 10.5. The molecule has 0 radical (unpaired) electrons. The molecule has 1 heterocycles. The zero-order valence-corrected chi connectivity index (χ0v) is 23.3. The maximum atomic E-state index is 13.0. The summed E-state index contributed by atoms with van der Waals surface area (Å²) < 4.78 is 16.7. The molecule has 0 saturated carbocycles. The van der Waals surface area contributed by atoms with Crippen LogP contribution in [-0.2, 0) is 16.1 Å². The van der Waals surface area contributed by atoms with Gasteiger partial charge in [0.25, 0.3) is 5.91 Å². The number of hydrogen-bond acceptors (Lipinski definition) is 6. The highest BCUT2D eigenvalue weighted by Gasteiger charge is 2.36. The largest absolute Gasteiger partial charge is 0.490 e. The summed E-state index contributed by atoms with van der Waals surface area (Å²) in [5, 5.41) is 3.93. The van der Waals surface area contributed by atoms with E-state index in [2.05, 4.69) is 22.3 Å². The molecular weight excluding hydrogens is 539 g/mol. The van der Waals surface area contributed by atoms with Crippen molar-refractivity contribution in [2.75, 3.05) is 32.9 Å². The van der Waals surface area contributed by atoms with Gasteiger partial charge < -0.3 is 19.5 Å². The number of rotatable bonds is 11. The molecular formula is C30H32Cl2N2O5. The highest BCUT2D eigenvalue weighted by atomic mass is 35.5. The van der Waals surface area contributed by atoms with E-state index >= 15 is 0 Å². The van der Waals surface area contributed by atoms with E-state index in [1.807, 2.05) is 18.2 Å². The standard InChI is InChI=1S/C30H32Cl2N2O5/c1-2-37-30(36)24-20-34(19-21-7-4-3-5-8-21)16-15-27(24)33-29(35)22-11-13-23(14-12-22)38-17-18-39-28-25(31)9-6-10-26(28)32/h3-14,24,27H,2,15-20H2,1H3,(H,33,35). The van der Waals surface area contributed by atoms with Crippen molar-refractivity contribution in [1.29, 1.82) is 0 Å². The van der Waals surface area contributed by atoms with Crippen LogP contribution in [0.25, 0.3) is 0 Å². The van der Waals surface area contributed by atoms with Gasteiger partial charge in [-0.15, -0.1) is 0 Å². The number of carbonyl (C=O) groups is 2. The minimum absolute atomic E-state index is 0.242. The lowest BCUT2D eigenvalue weighted by atomic mass is 9.91. The summed E-state index contributed by atoms with van der Waals surface area (Å²) in [5.41, 5.74) is 1.67.